The summed E-state index contributed by atoms with van der Waals surface area (Å²) in [7, 11) is 2.01. The van der Waals surface area contributed by atoms with Gasteiger partial charge in [-0.05, 0) is 46.6 Å². The fourth-order valence-electron chi connectivity index (χ4n) is 3.10. The molecule has 1 saturated carbocycles. The Hall–Kier alpha value is -0.830. The highest BCUT2D eigenvalue weighted by atomic mass is 15.3. The van der Waals surface area contributed by atoms with Gasteiger partial charge in [-0.2, -0.15) is 5.10 Å². The second kappa shape index (κ2) is 5.21. The van der Waals surface area contributed by atoms with Crippen LogP contribution in [0.25, 0.3) is 0 Å². The Labute approximate surface area is 105 Å². The minimum absolute atomic E-state index is 0.396. The van der Waals surface area contributed by atoms with Crippen LogP contribution in [0.1, 0.15) is 55.6 Å². The van der Waals surface area contributed by atoms with E-state index in [2.05, 4.69) is 30.8 Å². The van der Waals surface area contributed by atoms with Gasteiger partial charge in [0.2, 0.25) is 0 Å². The molecule has 0 radical (unpaired) electrons. The van der Waals surface area contributed by atoms with Crippen LogP contribution < -0.4 is 5.32 Å². The van der Waals surface area contributed by atoms with E-state index < -0.39 is 0 Å². The van der Waals surface area contributed by atoms with Gasteiger partial charge in [0.05, 0.1) is 5.69 Å². The van der Waals surface area contributed by atoms with Crippen molar-refractivity contribution in [2.75, 3.05) is 7.05 Å². The van der Waals surface area contributed by atoms with Crippen molar-refractivity contribution in [3.8, 4) is 0 Å². The summed E-state index contributed by atoms with van der Waals surface area (Å²) in [5.74, 6) is 0.853. The molecule has 96 valence electrons. The van der Waals surface area contributed by atoms with Crippen molar-refractivity contribution in [3.63, 3.8) is 0 Å². The third-order valence-electron chi connectivity index (χ3n) is 4.21. The average Bonchev–Trinajstić information content (AvgIpc) is 2.89. The molecule has 1 unspecified atom stereocenters. The van der Waals surface area contributed by atoms with Crippen LogP contribution in [0.15, 0.2) is 0 Å². The van der Waals surface area contributed by atoms with Gasteiger partial charge in [0, 0.05) is 23.8 Å². The van der Waals surface area contributed by atoms with E-state index in [0.717, 1.165) is 12.5 Å². The van der Waals surface area contributed by atoms with Crippen LogP contribution in [0.2, 0.25) is 0 Å². The molecular formula is C14H25N3. The lowest BCUT2D eigenvalue weighted by Crippen LogP contribution is -2.15. The Balaban J connectivity index is 2.17. The first-order chi connectivity index (χ1) is 8.13. The van der Waals surface area contributed by atoms with E-state index >= 15 is 0 Å². The first-order valence-electron chi connectivity index (χ1n) is 6.84. The van der Waals surface area contributed by atoms with Gasteiger partial charge in [-0.15, -0.1) is 0 Å². The molecule has 1 aliphatic rings. The highest BCUT2D eigenvalue weighted by Gasteiger charge is 2.20. The van der Waals surface area contributed by atoms with E-state index in [9.17, 15) is 0 Å². The molecule has 0 aromatic carbocycles. The Kier molecular flexibility index (Phi) is 3.87. The largest absolute Gasteiger partial charge is 0.313 e. The minimum atomic E-state index is 0.396. The van der Waals surface area contributed by atoms with Crippen molar-refractivity contribution in [1.29, 1.82) is 0 Å². The molecule has 0 spiro atoms. The number of hydrogen-bond donors (Lipinski definition) is 1. The number of aryl methyl sites for hydroxylation is 1. The molecule has 1 heterocycles. The van der Waals surface area contributed by atoms with Gasteiger partial charge < -0.3 is 5.32 Å². The predicted octanol–water partition coefficient (Wildman–Crippen LogP) is 2.97. The van der Waals surface area contributed by atoms with E-state index in [4.69, 9.17) is 5.10 Å². The summed E-state index contributed by atoms with van der Waals surface area (Å²) < 4.78 is 2.23. The fraction of sp³-hybridized carbons (Fsp3) is 0.786. The molecule has 1 aromatic heterocycles. The van der Waals surface area contributed by atoms with Gasteiger partial charge in [0.1, 0.15) is 0 Å². The normalized spacial score (nSPS) is 18.8. The van der Waals surface area contributed by atoms with E-state index in [0.29, 0.717) is 6.04 Å². The molecule has 1 fully saturated rings. The smallest absolute Gasteiger partial charge is 0.0644 e. The summed E-state index contributed by atoms with van der Waals surface area (Å²) in [6.45, 7) is 7.65. The van der Waals surface area contributed by atoms with E-state index in [-0.39, 0.29) is 0 Å². The molecule has 2 rings (SSSR count). The minimum Gasteiger partial charge on any atom is -0.313 e. The van der Waals surface area contributed by atoms with Crippen molar-refractivity contribution in [2.45, 2.75) is 59.0 Å². The van der Waals surface area contributed by atoms with Crippen LogP contribution in [0, 0.1) is 19.8 Å². The van der Waals surface area contributed by atoms with Crippen LogP contribution in [0.5, 0.6) is 0 Å². The zero-order valence-electron chi connectivity index (χ0n) is 11.6. The van der Waals surface area contributed by atoms with Crippen LogP contribution in [0.3, 0.4) is 0 Å². The number of nitrogens with zero attached hydrogens (tertiary/aromatic N) is 2. The molecule has 1 aromatic rings. The molecule has 3 nitrogen and oxygen atoms in total. The maximum Gasteiger partial charge on any atom is 0.0644 e. The van der Waals surface area contributed by atoms with E-state index in [1.54, 1.807) is 0 Å². The second-order valence-electron chi connectivity index (χ2n) is 5.43. The first kappa shape index (κ1) is 12.6. The topological polar surface area (TPSA) is 29.9 Å². The predicted molar refractivity (Wildman–Crippen MR) is 71.1 cm³/mol. The number of nitrogens with one attached hydrogen (secondary N) is 1. The summed E-state index contributed by atoms with van der Waals surface area (Å²) >= 11 is 0. The monoisotopic (exact) mass is 235 g/mol. The van der Waals surface area contributed by atoms with Crippen molar-refractivity contribution in [1.82, 2.24) is 15.1 Å². The van der Waals surface area contributed by atoms with Gasteiger partial charge in [0.25, 0.3) is 0 Å². The van der Waals surface area contributed by atoms with Gasteiger partial charge in [-0.25, -0.2) is 0 Å². The Morgan fingerprint density at radius 3 is 2.59 bits per heavy atom. The molecule has 17 heavy (non-hydrogen) atoms. The number of hydrogen-bond acceptors (Lipinski definition) is 2. The van der Waals surface area contributed by atoms with Gasteiger partial charge >= 0.3 is 0 Å². The summed E-state index contributed by atoms with van der Waals surface area (Å²) in [4.78, 5) is 0. The van der Waals surface area contributed by atoms with Crippen molar-refractivity contribution >= 4 is 0 Å². The van der Waals surface area contributed by atoms with Crippen LogP contribution >= 0.6 is 0 Å². The van der Waals surface area contributed by atoms with Gasteiger partial charge in [-0.3, -0.25) is 4.68 Å². The number of rotatable bonds is 4. The lowest BCUT2D eigenvalue weighted by molar-refractivity contribution is 0.421. The van der Waals surface area contributed by atoms with Crippen molar-refractivity contribution in [2.24, 2.45) is 5.92 Å². The van der Waals surface area contributed by atoms with Crippen LogP contribution in [-0.4, -0.2) is 16.8 Å². The van der Waals surface area contributed by atoms with Crippen LogP contribution in [-0.2, 0) is 6.54 Å². The maximum atomic E-state index is 4.72. The third kappa shape index (κ3) is 2.54. The Bertz CT molecular complexity index is 375. The van der Waals surface area contributed by atoms with E-state index in [1.165, 1.54) is 42.6 Å². The zero-order chi connectivity index (χ0) is 12.4. The molecule has 0 saturated heterocycles. The molecule has 1 aliphatic carbocycles. The lowest BCUT2D eigenvalue weighted by Gasteiger charge is -2.13. The summed E-state index contributed by atoms with van der Waals surface area (Å²) in [6, 6.07) is 0.396. The SMILES string of the molecule is CNC(C)c1c(C)nn(CC2CCCC2)c1C. The standard InChI is InChI=1S/C14H25N3/c1-10(15-4)14-11(2)16-17(12(14)3)9-13-7-5-6-8-13/h10,13,15H,5-9H2,1-4H3. The summed E-state index contributed by atoms with van der Waals surface area (Å²) in [5.41, 5.74) is 3.91. The van der Waals surface area contributed by atoms with Gasteiger partial charge in [0.15, 0.2) is 0 Å². The molecular weight excluding hydrogens is 210 g/mol. The lowest BCUT2D eigenvalue weighted by atomic mass is 10.1. The molecule has 0 amide bonds. The molecule has 1 N–H and O–H groups in total. The second-order valence-corrected chi connectivity index (χ2v) is 5.43. The quantitative estimate of drug-likeness (QED) is 0.869. The van der Waals surface area contributed by atoms with E-state index in [1.807, 2.05) is 7.05 Å². The third-order valence-corrected chi connectivity index (χ3v) is 4.21. The Morgan fingerprint density at radius 1 is 1.35 bits per heavy atom. The van der Waals surface area contributed by atoms with Gasteiger partial charge in [-0.1, -0.05) is 12.8 Å². The maximum absolute atomic E-state index is 4.72. The average molecular weight is 235 g/mol. The number of aromatic nitrogens is 2. The molecule has 3 heteroatoms. The Morgan fingerprint density at radius 2 is 2.00 bits per heavy atom. The molecule has 0 bridgehead atoms. The summed E-state index contributed by atoms with van der Waals surface area (Å²) in [5, 5.41) is 8.04. The van der Waals surface area contributed by atoms with Crippen molar-refractivity contribution in [3.05, 3.63) is 17.0 Å². The van der Waals surface area contributed by atoms with Crippen LogP contribution in [0.4, 0.5) is 0 Å². The molecule has 0 aliphatic heterocycles. The molecule has 1 atom stereocenters. The fourth-order valence-corrected chi connectivity index (χ4v) is 3.10. The first-order valence-corrected chi connectivity index (χ1v) is 6.84. The highest BCUT2D eigenvalue weighted by molar-refractivity contribution is 5.27. The zero-order valence-corrected chi connectivity index (χ0v) is 11.6. The summed E-state index contributed by atoms with van der Waals surface area (Å²) in [6.07, 6.45) is 5.58. The van der Waals surface area contributed by atoms with Crippen molar-refractivity contribution < 1.29 is 0 Å². The highest BCUT2D eigenvalue weighted by Crippen LogP contribution is 2.28.